The molecule has 0 heterocycles. The largest absolute Gasteiger partial charge is 0.480 e. The van der Waals surface area contributed by atoms with Gasteiger partial charge in [-0.05, 0) is 13.8 Å². The lowest BCUT2D eigenvalue weighted by Crippen LogP contribution is -2.56. The van der Waals surface area contributed by atoms with Gasteiger partial charge in [0.2, 0.25) is 35.4 Å². The van der Waals surface area contributed by atoms with Crippen LogP contribution >= 0.6 is 0 Å². The summed E-state index contributed by atoms with van der Waals surface area (Å²) in [6, 6.07) is -5.19. The van der Waals surface area contributed by atoms with Crippen LogP contribution in [0.3, 0.4) is 0 Å². The van der Waals surface area contributed by atoms with Gasteiger partial charge in [0.15, 0.2) is 0 Å². The van der Waals surface area contributed by atoms with Crippen molar-refractivity contribution in [2.75, 3.05) is 32.8 Å². The number of rotatable bonds is 15. The number of aliphatic carboxylic acids is 1. The monoisotopic (exact) mass is 505 g/mol. The minimum Gasteiger partial charge on any atom is -0.480 e. The lowest BCUT2D eigenvalue weighted by atomic mass is 10.2. The SMILES string of the molecule is CC(NC(=O)CNC(=O)C(CO)NC(=O)CNC(=O)C(C)NC(=O)C(CO)NC(=O)CN)C(=O)O. The van der Waals surface area contributed by atoms with E-state index in [0.29, 0.717) is 0 Å². The van der Waals surface area contributed by atoms with Crippen molar-refractivity contribution in [1.82, 2.24) is 31.9 Å². The van der Waals surface area contributed by atoms with Crippen molar-refractivity contribution < 1.29 is 48.9 Å². The molecule has 6 amide bonds. The highest BCUT2D eigenvalue weighted by Gasteiger charge is 2.25. The van der Waals surface area contributed by atoms with Crippen LogP contribution in [-0.4, -0.2) is 114 Å². The Labute approximate surface area is 199 Å². The van der Waals surface area contributed by atoms with Gasteiger partial charge in [0.05, 0.1) is 32.8 Å². The Hall–Kier alpha value is -3.83. The van der Waals surface area contributed by atoms with Crippen LogP contribution in [0.4, 0.5) is 0 Å². The van der Waals surface area contributed by atoms with Crippen molar-refractivity contribution >= 4 is 41.4 Å². The first kappa shape index (κ1) is 31.2. The van der Waals surface area contributed by atoms with Crippen LogP contribution in [0, 0.1) is 0 Å². The normalized spacial score (nSPS) is 13.7. The highest BCUT2D eigenvalue weighted by atomic mass is 16.4. The first-order valence-corrected chi connectivity index (χ1v) is 10.2. The molecule has 0 fully saturated rings. The zero-order chi connectivity index (χ0) is 27.1. The third-order valence-corrected chi connectivity index (χ3v) is 4.20. The number of hydrogen-bond acceptors (Lipinski definition) is 10. The van der Waals surface area contributed by atoms with Crippen LogP contribution in [0.15, 0.2) is 0 Å². The maximum absolute atomic E-state index is 12.1. The van der Waals surface area contributed by atoms with Crippen molar-refractivity contribution in [3.8, 4) is 0 Å². The Bertz CT molecular complexity index is 807. The summed E-state index contributed by atoms with van der Waals surface area (Å²) >= 11 is 0. The molecule has 0 aliphatic heterocycles. The highest BCUT2D eigenvalue weighted by molar-refractivity contribution is 5.95. The molecule has 198 valence electrons. The van der Waals surface area contributed by atoms with Gasteiger partial charge in [-0.25, -0.2) is 0 Å². The third kappa shape index (κ3) is 12.3. The smallest absolute Gasteiger partial charge is 0.325 e. The van der Waals surface area contributed by atoms with Gasteiger partial charge in [-0.2, -0.15) is 0 Å². The molecule has 4 unspecified atom stereocenters. The number of nitrogens with two attached hydrogens (primary N) is 1. The second-order valence-corrected chi connectivity index (χ2v) is 7.10. The molecular formula is C18H31N7O10. The van der Waals surface area contributed by atoms with Crippen molar-refractivity contribution in [2.45, 2.75) is 38.0 Å². The van der Waals surface area contributed by atoms with Gasteiger partial charge in [-0.1, -0.05) is 0 Å². The molecule has 17 nitrogen and oxygen atoms in total. The predicted octanol–water partition coefficient (Wildman–Crippen LogP) is -6.77. The Morgan fingerprint density at radius 3 is 1.60 bits per heavy atom. The number of carbonyl (C=O) groups is 7. The van der Waals surface area contributed by atoms with E-state index in [4.69, 9.17) is 10.8 Å². The fourth-order valence-electron chi connectivity index (χ4n) is 2.23. The summed E-state index contributed by atoms with van der Waals surface area (Å²) in [6.45, 7) is -0.793. The van der Waals surface area contributed by atoms with Gasteiger partial charge in [-0.3, -0.25) is 33.6 Å². The zero-order valence-electron chi connectivity index (χ0n) is 19.1. The molecule has 0 saturated carbocycles. The molecule has 0 bridgehead atoms. The summed E-state index contributed by atoms with van der Waals surface area (Å²) in [5.74, 6) is -6.33. The van der Waals surface area contributed by atoms with E-state index in [1.54, 1.807) is 0 Å². The summed E-state index contributed by atoms with van der Waals surface area (Å²) in [4.78, 5) is 81.6. The van der Waals surface area contributed by atoms with E-state index in [2.05, 4.69) is 31.9 Å². The van der Waals surface area contributed by atoms with Gasteiger partial charge in [0.25, 0.3) is 0 Å². The Morgan fingerprint density at radius 1 is 0.657 bits per heavy atom. The summed E-state index contributed by atoms with van der Waals surface area (Å²) in [7, 11) is 0. The Kier molecular flexibility index (Phi) is 14.2. The molecule has 4 atom stereocenters. The molecule has 0 spiro atoms. The third-order valence-electron chi connectivity index (χ3n) is 4.20. The lowest BCUT2D eigenvalue weighted by molar-refractivity contribution is -0.141. The lowest BCUT2D eigenvalue weighted by Gasteiger charge is -2.20. The maximum atomic E-state index is 12.1. The van der Waals surface area contributed by atoms with Crippen molar-refractivity contribution in [1.29, 1.82) is 0 Å². The minimum atomic E-state index is -1.47. The molecule has 0 aliphatic carbocycles. The van der Waals surface area contributed by atoms with Crippen LogP contribution < -0.4 is 37.6 Å². The molecule has 35 heavy (non-hydrogen) atoms. The highest BCUT2D eigenvalue weighted by Crippen LogP contribution is 1.89. The molecule has 0 radical (unpaired) electrons. The number of amides is 6. The predicted molar refractivity (Wildman–Crippen MR) is 116 cm³/mol. The van der Waals surface area contributed by atoms with E-state index in [0.717, 1.165) is 0 Å². The number of carboxylic acid groups (broad SMARTS) is 1. The minimum absolute atomic E-state index is 0.418. The molecule has 0 saturated heterocycles. The number of nitrogens with one attached hydrogen (secondary N) is 6. The fourth-order valence-corrected chi connectivity index (χ4v) is 2.23. The van der Waals surface area contributed by atoms with E-state index in [1.165, 1.54) is 13.8 Å². The fraction of sp³-hybridized carbons (Fsp3) is 0.611. The summed E-state index contributed by atoms with van der Waals surface area (Å²) in [5, 5.41) is 40.1. The molecular weight excluding hydrogens is 474 g/mol. The second kappa shape index (κ2) is 15.9. The van der Waals surface area contributed by atoms with Gasteiger partial charge in [0, 0.05) is 0 Å². The Morgan fingerprint density at radius 2 is 1.11 bits per heavy atom. The number of aliphatic hydroxyl groups excluding tert-OH is 2. The zero-order valence-corrected chi connectivity index (χ0v) is 19.1. The van der Waals surface area contributed by atoms with Crippen LogP contribution in [0.1, 0.15) is 13.8 Å². The topological polar surface area (TPSA) is 278 Å². The standard InChI is InChI=1S/C18H31N7O10/c1-8(23-17(33)11(7-27)24-12(28)3-19)15(31)20-5-14(30)25-10(6-26)16(32)21-4-13(29)22-9(2)18(34)35/h8-11,26-27H,3-7,19H2,1-2H3,(H,20,31)(H,21,32)(H,22,29)(H,23,33)(H,24,28)(H,25,30)(H,34,35). The molecule has 0 rings (SSSR count). The van der Waals surface area contributed by atoms with Gasteiger partial charge in [0.1, 0.15) is 24.2 Å². The molecule has 17 heteroatoms. The van der Waals surface area contributed by atoms with Crippen LogP contribution in [0.25, 0.3) is 0 Å². The van der Waals surface area contributed by atoms with Gasteiger partial charge >= 0.3 is 5.97 Å². The van der Waals surface area contributed by atoms with E-state index in [-0.39, 0.29) is 0 Å². The quantitative estimate of drug-likeness (QED) is 0.0998. The van der Waals surface area contributed by atoms with Crippen molar-refractivity contribution in [3.05, 3.63) is 0 Å². The number of carboxylic acids is 1. The second-order valence-electron chi connectivity index (χ2n) is 7.10. The number of aliphatic hydroxyl groups is 2. The van der Waals surface area contributed by atoms with Crippen LogP contribution in [-0.2, 0) is 33.6 Å². The van der Waals surface area contributed by atoms with Gasteiger partial charge < -0.3 is 53.0 Å². The molecule has 0 aromatic heterocycles. The Balaban J connectivity index is 4.58. The molecule has 0 aromatic carbocycles. The van der Waals surface area contributed by atoms with Crippen LogP contribution in [0.2, 0.25) is 0 Å². The molecule has 11 N–H and O–H groups in total. The molecule has 0 aliphatic rings. The maximum Gasteiger partial charge on any atom is 0.325 e. The first-order valence-electron chi connectivity index (χ1n) is 10.2. The number of hydrogen-bond donors (Lipinski definition) is 10. The van der Waals surface area contributed by atoms with E-state index in [1.807, 2.05) is 0 Å². The average Bonchev–Trinajstić information content (AvgIpc) is 2.81. The molecule has 0 aromatic rings. The van der Waals surface area contributed by atoms with Crippen molar-refractivity contribution in [3.63, 3.8) is 0 Å². The summed E-state index contributed by atoms with van der Waals surface area (Å²) in [5.41, 5.74) is 5.11. The van der Waals surface area contributed by atoms with E-state index >= 15 is 0 Å². The van der Waals surface area contributed by atoms with Crippen LogP contribution in [0.5, 0.6) is 0 Å². The van der Waals surface area contributed by atoms with E-state index < -0.39 is 98.4 Å². The van der Waals surface area contributed by atoms with Gasteiger partial charge in [-0.15, -0.1) is 0 Å². The summed E-state index contributed by atoms with van der Waals surface area (Å²) < 4.78 is 0. The average molecular weight is 505 g/mol. The van der Waals surface area contributed by atoms with E-state index in [9.17, 15) is 43.8 Å². The summed E-state index contributed by atoms with van der Waals surface area (Å²) in [6.07, 6.45) is 0. The first-order chi connectivity index (χ1) is 16.4. The van der Waals surface area contributed by atoms with Crippen molar-refractivity contribution in [2.24, 2.45) is 5.73 Å². The number of carbonyl (C=O) groups excluding carboxylic acids is 6.